The highest BCUT2D eigenvalue weighted by Gasteiger charge is 2.34. The molecular weight excluding hydrogens is 279 g/mol. The van der Waals surface area contributed by atoms with Crippen LogP contribution >= 0.6 is 0 Å². The summed E-state index contributed by atoms with van der Waals surface area (Å²) in [7, 11) is -3.85. The van der Waals surface area contributed by atoms with Gasteiger partial charge in [-0.1, -0.05) is 19.4 Å². The lowest BCUT2D eigenvalue weighted by Crippen LogP contribution is -2.27. The van der Waals surface area contributed by atoms with Crippen molar-refractivity contribution in [3.63, 3.8) is 0 Å². The molecule has 1 heterocycles. The lowest BCUT2D eigenvalue weighted by Gasteiger charge is -2.12. The molecule has 2 rings (SSSR count). The maximum Gasteiger partial charge on any atom is 0.416 e. The van der Waals surface area contributed by atoms with Crippen LogP contribution in [0.1, 0.15) is 24.5 Å². The first-order valence-electron chi connectivity index (χ1n) is 5.94. The number of alkyl halides is 3. The van der Waals surface area contributed by atoms with E-state index in [1.54, 1.807) is 0 Å². The van der Waals surface area contributed by atoms with E-state index < -0.39 is 21.8 Å². The van der Waals surface area contributed by atoms with Crippen molar-refractivity contribution >= 4 is 10.0 Å². The first-order valence-corrected chi connectivity index (χ1v) is 7.42. The van der Waals surface area contributed by atoms with Gasteiger partial charge < -0.3 is 0 Å². The summed E-state index contributed by atoms with van der Waals surface area (Å²) in [5.41, 5.74) is -0.489. The maximum atomic E-state index is 12.6. The van der Waals surface area contributed by atoms with Crippen LogP contribution in [0.25, 0.3) is 0 Å². The zero-order valence-electron chi connectivity index (χ0n) is 10.3. The molecule has 1 aromatic carbocycles. The predicted molar refractivity (Wildman–Crippen MR) is 64.1 cm³/mol. The molecule has 0 aliphatic carbocycles. The Morgan fingerprint density at radius 2 is 2.05 bits per heavy atom. The van der Waals surface area contributed by atoms with Gasteiger partial charge in [0, 0.05) is 6.54 Å². The van der Waals surface area contributed by atoms with Crippen LogP contribution in [0, 0.1) is 5.92 Å². The highest BCUT2D eigenvalue weighted by Crippen LogP contribution is 2.33. The van der Waals surface area contributed by atoms with Crippen molar-refractivity contribution in [2.75, 3.05) is 6.54 Å². The van der Waals surface area contributed by atoms with Gasteiger partial charge in [0.25, 0.3) is 0 Å². The Morgan fingerprint density at radius 1 is 1.37 bits per heavy atom. The van der Waals surface area contributed by atoms with Gasteiger partial charge in [0.2, 0.25) is 10.0 Å². The van der Waals surface area contributed by atoms with Crippen LogP contribution in [0.4, 0.5) is 13.2 Å². The van der Waals surface area contributed by atoms with E-state index in [9.17, 15) is 21.6 Å². The lowest BCUT2D eigenvalue weighted by atomic mass is 9.96. The fourth-order valence-electron chi connectivity index (χ4n) is 2.13. The first kappa shape index (κ1) is 14.3. The number of sulfonamides is 1. The van der Waals surface area contributed by atoms with Gasteiger partial charge >= 0.3 is 6.18 Å². The molecule has 106 valence electrons. The average Bonchev–Trinajstić information content (AvgIpc) is 2.45. The molecule has 0 spiro atoms. The second-order valence-corrected chi connectivity index (χ2v) is 6.39. The minimum Gasteiger partial charge on any atom is -0.211 e. The van der Waals surface area contributed by atoms with Gasteiger partial charge in [-0.3, -0.25) is 0 Å². The lowest BCUT2D eigenvalue weighted by molar-refractivity contribution is -0.137. The molecule has 0 fully saturated rings. The van der Waals surface area contributed by atoms with Crippen LogP contribution in [0.5, 0.6) is 0 Å². The zero-order valence-corrected chi connectivity index (χ0v) is 11.1. The smallest absolute Gasteiger partial charge is 0.211 e. The molecule has 7 heteroatoms. The molecular formula is C12H14F3NO2S. The molecule has 0 unspecified atom stereocenters. The van der Waals surface area contributed by atoms with Crippen LogP contribution in [-0.4, -0.2) is 15.0 Å². The fourth-order valence-corrected chi connectivity index (χ4v) is 3.52. The summed E-state index contributed by atoms with van der Waals surface area (Å²) in [6.45, 7) is 2.18. The van der Waals surface area contributed by atoms with Crippen molar-refractivity contribution in [1.29, 1.82) is 0 Å². The Balaban J connectivity index is 2.55. The van der Waals surface area contributed by atoms with Crippen molar-refractivity contribution in [1.82, 2.24) is 4.72 Å². The molecule has 1 aliphatic heterocycles. The van der Waals surface area contributed by atoms with E-state index in [1.165, 1.54) is 6.07 Å². The third-order valence-electron chi connectivity index (χ3n) is 3.33. The number of nitrogens with one attached hydrogen (secondary N) is 1. The van der Waals surface area contributed by atoms with Crippen molar-refractivity contribution < 1.29 is 21.6 Å². The van der Waals surface area contributed by atoms with Crippen molar-refractivity contribution in [2.45, 2.75) is 30.8 Å². The number of hydrogen-bond acceptors (Lipinski definition) is 2. The monoisotopic (exact) mass is 293 g/mol. The first-order chi connectivity index (χ1) is 8.74. The van der Waals surface area contributed by atoms with Gasteiger partial charge in [-0.25, -0.2) is 13.1 Å². The maximum absolute atomic E-state index is 12.6. The molecule has 0 saturated carbocycles. The Morgan fingerprint density at radius 3 is 2.63 bits per heavy atom. The summed E-state index contributed by atoms with van der Waals surface area (Å²) >= 11 is 0. The zero-order chi connectivity index (χ0) is 14.3. The minimum atomic E-state index is -4.54. The summed E-state index contributed by atoms with van der Waals surface area (Å²) in [5, 5.41) is 0. The summed E-state index contributed by atoms with van der Waals surface area (Å²) in [5.74, 6) is 0.104. The fraction of sp³-hybridized carbons (Fsp3) is 0.500. The van der Waals surface area contributed by atoms with Gasteiger partial charge in [0.1, 0.15) is 0 Å². The molecule has 3 nitrogen and oxygen atoms in total. The van der Waals surface area contributed by atoms with E-state index in [2.05, 4.69) is 4.72 Å². The highest BCUT2D eigenvalue weighted by molar-refractivity contribution is 7.89. The summed E-state index contributed by atoms with van der Waals surface area (Å²) < 4.78 is 64.2. The van der Waals surface area contributed by atoms with E-state index in [0.29, 0.717) is 12.0 Å². The van der Waals surface area contributed by atoms with Crippen molar-refractivity contribution in [2.24, 2.45) is 5.92 Å². The van der Waals surface area contributed by atoms with E-state index in [0.717, 1.165) is 18.6 Å². The topological polar surface area (TPSA) is 46.2 Å². The SMILES string of the molecule is CC[C@H]1CNS(=O)(=O)c2cc(C(F)(F)F)ccc2C1. The van der Waals surface area contributed by atoms with E-state index in [-0.39, 0.29) is 17.4 Å². The number of rotatable bonds is 1. The van der Waals surface area contributed by atoms with E-state index >= 15 is 0 Å². The quantitative estimate of drug-likeness (QED) is 0.865. The second-order valence-electron chi connectivity index (χ2n) is 4.65. The van der Waals surface area contributed by atoms with Gasteiger partial charge in [0.05, 0.1) is 10.5 Å². The van der Waals surface area contributed by atoms with Gasteiger partial charge in [0.15, 0.2) is 0 Å². The minimum absolute atomic E-state index is 0.104. The number of benzene rings is 1. The summed E-state index contributed by atoms with van der Waals surface area (Å²) in [6.07, 6.45) is -3.31. The predicted octanol–water partition coefficient (Wildman–Crippen LogP) is 2.57. The highest BCUT2D eigenvalue weighted by atomic mass is 32.2. The summed E-state index contributed by atoms with van der Waals surface area (Å²) in [4.78, 5) is -0.252. The summed E-state index contributed by atoms with van der Waals surface area (Å²) in [6, 6.07) is 2.92. The Bertz CT molecular complexity index is 581. The Labute approximate surface area is 109 Å². The molecule has 1 aromatic rings. The van der Waals surface area contributed by atoms with Crippen LogP contribution < -0.4 is 4.72 Å². The number of hydrogen-bond donors (Lipinski definition) is 1. The van der Waals surface area contributed by atoms with Crippen LogP contribution in [0.2, 0.25) is 0 Å². The van der Waals surface area contributed by atoms with E-state index in [4.69, 9.17) is 0 Å². The van der Waals surface area contributed by atoms with Crippen LogP contribution in [0.3, 0.4) is 0 Å². The molecule has 0 bridgehead atoms. The molecule has 19 heavy (non-hydrogen) atoms. The van der Waals surface area contributed by atoms with Crippen molar-refractivity contribution in [3.8, 4) is 0 Å². The molecule has 0 saturated heterocycles. The Hall–Kier alpha value is -1.08. The third kappa shape index (κ3) is 2.92. The molecule has 0 radical (unpaired) electrons. The largest absolute Gasteiger partial charge is 0.416 e. The van der Waals surface area contributed by atoms with Gasteiger partial charge in [-0.05, 0) is 30.0 Å². The standard InChI is InChI=1S/C12H14F3NO2S/c1-2-8-5-9-3-4-10(12(13,14)15)6-11(9)19(17,18)16-7-8/h3-4,6,8,16H,2,5,7H2,1H3/t8-/m1/s1. The third-order valence-corrected chi connectivity index (χ3v) is 4.84. The average molecular weight is 293 g/mol. The molecule has 0 amide bonds. The van der Waals surface area contributed by atoms with Gasteiger partial charge in [-0.2, -0.15) is 13.2 Å². The molecule has 0 aromatic heterocycles. The number of halogens is 3. The van der Waals surface area contributed by atoms with Crippen molar-refractivity contribution in [3.05, 3.63) is 29.3 Å². The van der Waals surface area contributed by atoms with Crippen LogP contribution in [0.15, 0.2) is 23.1 Å². The van der Waals surface area contributed by atoms with E-state index in [1.807, 2.05) is 6.92 Å². The molecule has 1 N–H and O–H groups in total. The van der Waals surface area contributed by atoms with Crippen LogP contribution in [-0.2, 0) is 22.6 Å². The second kappa shape index (κ2) is 4.79. The number of fused-ring (bicyclic) bond motifs is 1. The van der Waals surface area contributed by atoms with Gasteiger partial charge in [-0.15, -0.1) is 0 Å². The normalized spacial score (nSPS) is 22.6. The Kier molecular flexibility index (Phi) is 3.61. The molecule has 1 aliphatic rings. The molecule has 1 atom stereocenters.